The summed E-state index contributed by atoms with van der Waals surface area (Å²) in [4.78, 5) is 34.2. The molecule has 0 spiro atoms. The lowest BCUT2D eigenvalue weighted by Crippen LogP contribution is -2.15. The molecule has 2 heterocycles. The molecule has 2 aromatic heterocycles. The molecule has 3 rings (SSSR count). The summed E-state index contributed by atoms with van der Waals surface area (Å²) in [5.41, 5.74) is 1.74. The number of benzene rings is 1. The topological polar surface area (TPSA) is 87.7 Å². The summed E-state index contributed by atoms with van der Waals surface area (Å²) in [6, 6.07) is 8.11. The smallest absolute Gasteiger partial charge is 0.257 e. The average Bonchev–Trinajstić information content (AvgIpc) is 2.46. The Morgan fingerprint density at radius 1 is 1.15 bits per heavy atom. The predicted molar refractivity (Wildman–Crippen MR) is 74.6 cm³/mol. The Kier molecular flexibility index (Phi) is 2.96. The summed E-state index contributed by atoms with van der Waals surface area (Å²) in [5, 5.41) is 2.66. The Bertz CT molecular complexity index is 836. The second kappa shape index (κ2) is 4.93. The van der Waals surface area contributed by atoms with E-state index in [1.807, 2.05) is 0 Å². The monoisotopic (exact) mass is 266 g/mol. The molecule has 0 saturated carbocycles. The second-order valence-corrected chi connectivity index (χ2v) is 4.13. The highest BCUT2D eigenvalue weighted by Gasteiger charge is 2.11. The molecular formula is C14H10N4O2. The maximum Gasteiger partial charge on any atom is 0.257 e. The number of amides is 1. The number of carbonyl (C=O) groups excluding carboxylic acids is 1. The Labute approximate surface area is 113 Å². The molecule has 6 nitrogen and oxygen atoms in total. The average molecular weight is 266 g/mol. The molecule has 0 saturated heterocycles. The van der Waals surface area contributed by atoms with E-state index >= 15 is 0 Å². The van der Waals surface area contributed by atoms with Gasteiger partial charge in [0.05, 0.1) is 11.1 Å². The lowest BCUT2D eigenvalue weighted by molar-refractivity contribution is 0.102. The van der Waals surface area contributed by atoms with E-state index in [1.54, 1.807) is 30.5 Å². The molecule has 0 unspecified atom stereocenters. The van der Waals surface area contributed by atoms with Crippen LogP contribution in [0.4, 0.5) is 5.69 Å². The van der Waals surface area contributed by atoms with Gasteiger partial charge in [0.15, 0.2) is 0 Å². The highest BCUT2D eigenvalue weighted by Crippen LogP contribution is 2.15. The maximum atomic E-state index is 12.2. The molecule has 3 aromatic rings. The maximum absolute atomic E-state index is 12.2. The number of carbonyl (C=O) groups is 1. The van der Waals surface area contributed by atoms with Crippen LogP contribution >= 0.6 is 0 Å². The Morgan fingerprint density at radius 2 is 2.00 bits per heavy atom. The number of rotatable bonds is 2. The normalized spacial score (nSPS) is 10.4. The van der Waals surface area contributed by atoms with Crippen molar-refractivity contribution >= 4 is 22.6 Å². The fraction of sp³-hybridized carbons (Fsp3) is 0. The van der Waals surface area contributed by atoms with Crippen LogP contribution in [0.2, 0.25) is 0 Å². The van der Waals surface area contributed by atoms with Gasteiger partial charge in [-0.25, -0.2) is 0 Å². The van der Waals surface area contributed by atoms with Gasteiger partial charge >= 0.3 is 0 Å². The van der Waals surface area contributed by atoms with Gasteiger partial charge < -0.3 is 10.3 Å². The van der Waals surface area contributed by atoms with Crippen LogP contribution in [0.1, 0.15) is 10.4 Å². The molecule has 0 aliphatic heterocycles. The molecule has 20 heavy (non-hydrogen) atoms. The summed E-state index contributed by atoms with van der Waals surface area (Å²) >= 11 is 0. The molecule has 0 radical (unpaired) electrons. The number of fused-ring (bicyclic) bond motifs is 1. The van der Waals surface area contributed by atoms with Gasteiger partial charge in [0.2, 0.25) is 5.56 Å². The van der Waals surface area contributed by atoms with Crippen LogP contribution in [0.5, 0.6) is 0 Å². The van der Waals surface area contributed by atoms with Crippen LogP contribution in [0.3, 0.4) is 0 Å². The number of para-hydroxylation sites is 1. The number of aromatic amines is 1. The molecule has 0 bridgehead atoms. The Morgan fingerprint density at radius 3 is 2.85 bits per heavy atom. The second-order valence-electron chi connectivity index (χ2n) is 4.13. The van der Waals surface area contributed by atoms with Crippen molar-refractivity contribution < 1.29 is 4.79 Å². The quantitative estimate of drug-likeness (QED) is 0.737. The largest absolute Gasteiger partial charge is 0.329 e. The van der Waals surface area contributed by atoms with E-state index in [4.69, 9.17) is 0 Å². The zero-order valence-corrected chi connectivity index (χ0v) is 10.3. The first-order valence-corrected chi connectivity index (χ1v) is 5.94. The Hall–Kier alpha value is -3.02. The Balaban J connectivity index is 1.99. The van der Waals surface area contributed by atoms with Crippen LogP contribution in [0.25, 0.3) is 11.0 Å². The number of nitrogens with zero attached hydrogens (tertiary/aromatic N) is 2. The molecule has 98 valence electrons. The molecule has 0 atom stereocenters. The summed E-state index contributed by atoms with van der Waals surface area (Å²) in [7, 11) is 0. The van der Waals surface area contributed by atoms with Crippen molar-refractivity contribution in [1.82, 2.24) is 15.0 Å². The van der Waals surface area contributed by atoms with Gasteiger partial charge in [-0.3, -0.25) is 19.6 Å². The van der Waals surface area contributed by atoms with Crippen molar-refractivity contribution in [2.75, 3.05) is 5.32 Å². The number of aromatic nitrogens is 3. The summed E-state index contributed by atoms with van der Waals surface area (Å²) in [5.74, 6) is -0.332. The first-order valence-electron chi connectivity index (χ1n) is 5.94. The van der Waals surface area contributed by atoms with E-state index in [0.717, 1.165) is 0 Å². The molecular weight excluding hydrogens is 256 g/mol. The number of hydrogen-bond acceptors (Lipinski definition) is 4. The molecule has 6 heteroatoms. The van der Waals surface area contributed by atoms with Crippen molar-refractivity contribution in [2.45, 2.75) is 0 Å². The first-order chi connectivity index (χ1) is 9.74. The summed E-state index contributed by atoms with van der Waals surface area (Å²) in [6.45, 7) is 0. The van der Waals surface area contributed by atoms with Gasteiger partial charge in [-0.2, -0.15) is 0 Å². The zero-order valence-electron chi connectivity index (χ0n) is 10.3. The highest BCUT2D eigenvalue weighted by molar-refractivity contribution is 6.11. The summed E-state index contributed by atoms with van der Waals surface area (Å²) in [6.07, 6.45) is 4.58. The van der Waals surface area contributed by atoms with Crippen molar-refractivity contribution in [3.63, 3.8) is 0 Å². The predicted octanol–water partition coefficient (Wildman–Crippen LogP) is 1.57. The van der Waals surface area contributed by atoms with Gasteiger partial charge in [0.25, 0.3) is 5.91 Å². The van der Waals surface area contributed by atoms with Gasteiger partial charge in [0, 0.05) is 30.3 Å². The lowest BCUT2D eigenvalue weighted by Gasteiger charge is -2.06. The summed E-state index contributed by atoms with van der Waals surface area (Å²) < 4.78 is 0. The van der Waals surface area contributed by atoms with Gasteiger partial charge in [0.1, 0.15) is 5.52 Å². The third-order valence-corrected chi connectivity index (χ3v) is 2.78. The number of nitrogens with one attached hydrogen (secondary N) is 2. The van der Waals surface area contributed by atoms with E-state index in [1.165, 1.54) is 18.5 Å². The van der Waals surface area contributed by atoms with Crippen LogP contribution in [-0.2, 0) is 0 Å². The molecule has 0 aliphatic rings. The van der Waals surface area contributed by atoms with E-state index in [9.17, 15) is 9.59 Å². The van der Waals surface area contributed by atoms with Gasteiger partial charge in [-0.15, -0.1) is 0 Å². The molecule has 1 aromatic carbocycles. The third kappa shape index (κ3) is 2.26. The standard InChI is InChI=1S/C14H10N4O2/c19-12-8-9(4-5-16-12)18-14(20)10-2-1-3-11-13(10)17-7-6-15-11/h1-8H,(H2,16,18,19,20). The van der Waals surface area contributed by atoms with E-state index < -0.39 is 0 Å². The minimum atomic E-state index is -0.332. The zero-order chi connectivity index (χ0) is 13.9. The van der Waals surface area contributed by atoms with Crippen molar-refractivity contribution in [3.05, 3.63) is 64.8 Å². The van der Waals surface area contributed by atoms with E-state index in [2.05, 4.69) is 20.3 Å². The number of hydrogen-bond donors (Lipinski definition) is 2. The first kappa shape index (κ1) is 12.0. The van der Waals surface area contributed by atoms with Gasteiger partial charge in [-0.05, 0) is 18.2 Å². The number of H-pyrrole nitrogens is 1. The van der Waals surface area contributed by atoms with Gasteiger partial charge in [-0.1, -0.05) is 6.07 Å². The van der Waals surface area contributed by atoms with E-state index in [-0.39, 0.29) is 11.5 Å². The molecule has 0 fully saturated rings. The van der Waals surface area contributed by atoms with Crippen LogP contribution in [0, 0.1) is 0 Å². The fourth-order valence-electron chi connectivity index (χ4n) is 1.90. The number of pyridine rings is 1. The third-order valence-electron chi connectivity index (χ3n) is 2.78. The fourth-order valence-corrected chi connectivity index (χ4v) is 1.90. The highest BCUT2D eigenvalue weighted by atomic mass is 16.1. The minimum absolute atomic E-state index is 0.277. The SMILES string of the molecule is O=C(Nc1cc[nH]c(=O)c1)c1cccc2nccnc12. The molecule has 1 amide bonds. The van der Waals surface area contributed by atoms with Crippen LogP contribution in [0.15, 0.2) is 53.7 Å². The lowest BCUT2D eigenvalue weighted by atomic mass is 10.1. The minimum Gasteiger partial charge on any atom is -0.329 e. The van der Waals surface area contributed by atoms with Crippen molar-refractivity contribution in [1.29, 1.82) is 0 Å². The van der Waals surface area contributed by atoms with Crippen LogP contribution in [-0.4, -0.2) is 20.9 Å². The number of anilines is 1. The van der Waals surface area contributed by atoms with Crippen molar-refractivity contribution in [3.8, 4) is 0 Å². The van der Waals surface area contributed by atoms with Crippen molar-refractivity contribution in [2.24, 2.45) is 0 Å². The van der Waals surface area contributed by atoms with E-state index in [0.29, 0.717) is 22.3 Å². The molecule has 0 aliphatic carbocycles. The van der Waals surface area contributed by atoms with Crippen LogP contribution < -0.4 is 10.9 Å². The molecule has 2 N–H and O–H groups in total.